The fraction of sp³-hybridized carbons (Fsp3) is 0.571. The largest absolute Gasteiger partial charge is 0.309 e. The average molecular weight is 259 g/mol. The van der Waals surface area contributed by atoms with Crippen LogP contribution in [0.3, 0.4) is 0 Å². The number of hydrogen-bond acceptors (Lipinski definition) is 4. The molecule has 1 aromatic heterocycles. The van der Waals surface area contributed by atoms with Gasteiger partial charge in [0.2, 0.25) is 0 Å². The van der Waals surface area contributed by atoms with Gasteiger partial charge in [0.05, 0.1) is 5.52 Å². The Morgan fingerprint density at radius 1 is 1.37 bits per heavy atom. The fourth-order valence-corrected chi connectivity index (χ4v) is 2.82. The molecule has 0 unspecified atom stereocenters. The maximum atomic E-state index is 4.18. The van der Waals surface area contributed by atoms with Crippen LogP contribution in [0.5, 0.6) is 0 Å². The molecule has 0 atom stereocenters. The molecule has 2 heterocycles. The number of fused-ring (bicyclic) bond motifs is 1. The van der Waals surface area contributed by atoms with E-state index in [1.807, 2.05) is 11.7 Å². The number of aromatic nitrogens is 3. The topological polar surface area (TPSA) is 46.0 Å². The molecule has 19 heavy (non-hydrogen) atoms. The molecule has 5 heteroatoms. The second kappa shape index (κ2) is 4.58. The molecular formula is C14H21N5. The standard InChI is InChI=1S/C14H21N5/c1-14(2)10-19(7-6-15-14)9-11-4-5-13-12(8-11)16-17-18(13)3/h4-5,8,15H,6-7,9-10H2,1-3H3. The van der Waals surface area contributed by atoms with Crippen LogP contribution in [0.4, 0.5) is 0 Å². The smallest absolute Gasteiger partial charge is 0.113 e. The Kier molecular flexibility index (Phi) is 3.03. The fourth-order valence-electron chi connectivity index (χ4n) is 2.82. The monoisotopic (exact) mass is 259 g/mol. The van der Waals surface area contributed by atoms with E-state index in [0.717, 1.165) is 37.2 Å². The minimum atomic E-state index is 0.203. The number of benzene rings is 1. The second-order valence-corrected chi connectivity index (χ2v) is 6.06. The van der Waals surface area contributed by atoms with Crippen LogP contribution in [-0.4, -0.2) is 45.1 Å². The summed E-state index contributed by atoms with van der Waals surface area (Å²) in [6.45, 7) is 8.72. The summed E-state index contributed by atoms with van der Waals surface area (Å²) in [7, 11) is 1.92. The first kappa shape index (κ1) is 12.6. The first-order valence-corrected chi connectivity index (χ1v) is 6.79. The van der Waals surface area contributed by atoms with Crippen LogP contribution in [0.2, 0.25) is 0 Å². The van der Waals surface area contributed by atoms with Crippen LogP contribution in [0.15, 0.2) is 18.2 Å². The average Bonchev–Trinajstić information content (AvgIpc) is 2.69. The predicted molar refractivity (Wildman–Crippen MR) is 75.9 cm³/mol. The van der Waals surface area contributed by atoms with Gasteiger partial charge in [0.25, 0.3) is 0 Å². The summed E-state index contributed by atoms with van der Waals surface area (Å²) < 4.78 is 1.81. The van der Waals surface area contributed by atoms with E-state index in [1.54, 1.807) is 0 Å². The maximum Gasteiger partial charge on any atom is 0.113 e. The molecule has 1 fully saturated rings. The third-order valence-electron chi connectivity index (χ3n) is 3.73. The van der Waals surface area contributed by atoms with Crippen molar-refractivity contribution in [2.75, 3.05) is 19.6 Å². The van der Waals surface area contributed by atoms with E-state index < -0.39 is 0 Å². The Morgan fingerprint density at radius 3 is 3.00 bits per heavy atom. The van der Waals surface area contributed by atoms with Crippen LogP contribution in [0.25, 0.3) is 11.0 Å². The molecule has 0 saturated carbocycles. The van der Waals surface area contributed by atoms with Crippen molar-refractivity contribution < 1.29 is 0 Å². The third-order valence-corrected chi connectivity index (χ3v) is 3.73. The lowest BCUT2D eigenvalue weighted by Crippen LogP contribution is -2.56. The van der Waals surface area contributed by atoms with Crippen LogP contribution in [0.1, 0.15) is 19.4 Å². The summed E-state index contributed by atoms with van der Waals surface area (Å²) in [6.07, 6.45) is 0. The molecule has 0 bridgehead atoms. The number of rotatable bonds is 2. The predicted octanol–water partition coefficient (Wildman–Crippen LogP) is 1.15. The Labute approximate surface area is 113 Å². The molecule has 0 aliphatic carbocycles. The molecule has 1 aliphatic heterocycles. The van der Waals surface area contributed by atoms with E-state index in [9.17, 15) is 0 Å². The van der Waals surface area contributed by atoms with Crippen molar-refractivity contribution in [1.82, 2.24) is 25.2 Å². The molecular weight excluding hydrogens is 238 g/mol. The van der Waals surface area contributed by atoms with Gasteiger partial charge in [-0.1, -0.05) is 11.3 Å². The van der Waals surface area contributed by atoms with E-state index in [1.165, 1.54) is 5.56 Å². The SMILES string of the molecule is Cn1nnc2cc(CN3CCNC(C)(C)C3)ccc21. The highest BCUT2D eigenvalue weighted by Crippen LogP contribution is 2.17. The highest BCUT2D eigenvalue weighted by atomic mass is 15.4. The van der Waals surface area contributed by atoms with Gasteiger partial charge in [-0.15, -0.1) is 5.10 Å². The highest BCUT2D eigenvalue weighted by molar-refractivity contribution is 5.74. The molecule has 2 aromatic rings. The van der Waals surface area contributed by atoms with Gasteiger partial charge in [-0.25, -0.2) is 4.68 Å². The van der Waals surface area contributed by atoms with Crippen LogP contribution in [-0.2, 0) is 13.6 Å². The normalized spacial score (nSPS) is 19.9. The summed E-state index contributed by atoms with van der Waals surface area (Å²) in [5, 5.41) is 11.8. The minimum absolute atomic E-state index is 0.203. The molecule has 5 nitrogen and oxygen atoms in total. The van der Waals surface area contributed by atoms with Crippen molar-refractivity contribution in [2.24, 2.45) is 7.05 Å². The zero-order chi connectivity index (χ0) is 13.5. The quantitative estimate of drug-likeness (QED) is 0.879. The van der Waals surface area contributed by atoms with Gasteiger partial charge in [0.15, 0.2) is 0 Å². The van der Waals surface area contributed by atoms with Gasteiger partial charge >= 0.3 is 0 Å². The van der Waals surface area contributed by atoms with Gasteiger partial charge in [0.1, 0.15) is 5.52 Å². The van der Waals surface area contributed by atoms with Crippen molar-refractivity contribution in [2.45, 2.75) is 25.9 Å². The lowest BCUT2D eigenvalue weighted by atomic mass is 10.0. The lowest BCUT2D eigenvalue weighted by Gasteiger charge is -2.39. The highest BCUT2D eigenvalue weighted by Gasteiger charge is 2.25. The Hall–Kier alpha value is -1.46. The number of nitrogens with one attached hydrogen (secondary N) is 1. The molecule has 0 radical (unpaired) electrons. The van der Waals surface area contributed by atoms with E-state index in [0.29, 0.717) is 0 Å². The molecule has 1 aromatic carbocycles. The number of aryl methyl sites for hydroxylation is 1. The van der Waals surface area contributed by atoms with Gasteiger partial charge in [-0.2, -0.15) is 0 Å². The van der Waals surface area contributed by atoms with E-state index in [4.69, 9.17) is 0 Å². The zero-order valence-corrected chi connectivity index (χ0v) is 11.8. The first-order chi connectivity index (χ1) is 9.03. The molecule has 3 rings (SSSR count). The van der Waals surface area contributed by atoms with Crippen LogP contribution in [0, 0.1) is 0 Å². The molecule has 1 N–H and O–H groups in total. The van der Waals surface area contributed by atoms with Crippen molar-refractivity contribution in [3.63, 3.8) is 0 Å². The van der Waals surface area contributed by atoms with E-state index in [-0.39, 0.29) is 5.54 Å². The molecule has 1 aliphatic rings. The maximum absolute atomic E-state index is 4.18. The lowest BCUT2D eigenvalue weighted by molar-refractivity contribution is 0.148. The van der Waals surface area contributed by atoms with E-state index >= 15 is 0 Å². The van der Waals surface area contributed by atoms with E-state index in [2.05, 4.69) is 52.6 Å². The van der Waals surface area contributed by atoms with Gasteiger partial charge in [-0.05, 0) is 31.5 Å². The van der Waals surface area contributed by atoms with Crippen LogP contribution >= 0.6 is 0 Å². The first-order valence-electron chi connectivity index (χ1n) is 6.79. The van der Waals surface area contributed by atoms with Crippen molar-refractivity contribution in [1.29, 1.82) is 0 Å². The van der Waals surface area contributed by atoms with Crippen LogP contribution < -0.4 is 5.32 Å². The van der Waals surface area contributed by atoms with Gasteiger partial charge in [0, 0.05) is 38.8 Å². The Morgan fingerprint density at radius 2 is 2.21 bits per heavy atom. The van der Waals surface area contributed by atoms with Gasteiger partial charge in [-0.3, -0.25) is 4.90 Å². The number of piperazine rings is 1. The summed E-state index contributed by atoms with van der Waals surface area (Å²) in [5.74, 6) is 0. The van der Waals surface area contributed by atoms with Crippen molar-refractivity contribution in [3.8, 4) is 0 Å². The number of nitrogens with zero attached hydrogens (tertiary/aromatic N) is 4. The molecule has 1 saturated heterocycles. The zero-order valence-electron chi connectivity index (χ0n) is 11.8. The van der Waals surface area contributed by atoms with Crippen molar-refractivity contribution in [3.05, 3.63) is 23.8 Å². The van der Waals surface area contributed by atoms with Crippen molar-refractivity contribution >= 4 is 11.0 Å². The summed E-state index contributed by atoms with van der Waals surface area (Å²) in [6, 6.07) is 6.44. The minimum Gasteiger partial charge on any atom is -0.309 e. The second-order valence-electron chi connectivity index (χ2n) is 6.06. The summed E-state index contributed by atoms with van der Waals surface area (Å²) in [4.78, 5) is 2.49. The number of hydrogen-bond donors (Lipinski definition) is 1. The molecule has 0 spiro atoms. The van der Waals surface area contributed by atoms with Gasteiger partial charge < -0.3 is 5.32 Å². The Balaban J connectivity index is 1.77. The summed E-state index contributed by atoms with van der Waals surface area (Å²) >= 11 is 0. The molecule has 0 amide bonds. The molecule has 102 valence electrons. The Bertz CT molecular complexity index is 587. The summed E-state index contributed by atoms with van der Waals surface area (Å²) in [5.41, 5.74) is 3.58. The third kappa shape index (κ3) is 2.62.